The van der Waals surface area contributed by atoms with E-state index in [1.54, 1.807) is 63.4 Å². The van der Waals surface area contributed by atoms with Crippen LogP contribution in [-0.2, 0) is 16.1 Å². The number of carbonyl (C=O) groups is 3. The van der Waals surface area contributed by atoms with Gasteiger partial charge in [-0.15, -0.1) is 0 Å². The van der Waals surface area contributed by atoms with Crippen LogP contribution < -0.4 is 14.8 Å². The van der Waals surface area contributed by atoms with Gasteiger partial charge in [0.1, 0.15) is 11.4 Å². The Morgan fingerprint density at radius 1 is 1.02 bits per heavy atom. The molecule has 0 aliphatic carbocycles. The molecule has 13 heteroatoms. The number of halogens is 3. The van der Waals surface area contributed by atoms with Crippen LogP contribution >= 0.6 is 34.8 Å². The summed E-state index contributed by atoms with van der Waals surface area (Å²) >= 11 is 20.9. The maximum absolute atomic E-state index is 13.3. The second kappa shape index (κ2) is 15.0. The summed E-state index contributed by atoms with van der Waals surface area (Å²) in [5.74, 6) is 0.535. The predicted molar refractivity (Wildman–Crippen MR) is 190 cm³/mol. The highest BCUT2D eigenvalue weighted by atomic mass is 35.5. The van der Waals surface area contributed by atoms with Gasteiger partial charge in [-0.25, -0.2) is 9.78 Å². The smallest absolute Gasteiger partial charge is 0.410 e. The van der Waals surface area contributed by atoms with Gasteiger partial charge < -0.3 is 24.4 Å². The van der Waals surface area contributed by atoms with Gasteiger partial charge in [0.05, 0.1) is 58.3 Å². The van der Waals surface area contributed by atoms with Gasteiger partial charge in [-0.1, -0.05) is 59.1 Å². The van der Waals surface area contributed by atoms with Gasteiger partial charge in [0.2, 0.25) is 11.8 Å². The molecule has 4 aromatic rings. The summed E-state index contributed by atoms with van der Waals surface area (Å²) in [5, 5.41) is 3.91. The first-order valence-electron chi connectivity index (χ1n) is 15.4. The normalized spacial score (nSPS) is 14.3. The summed E-state index contributed by atoms with van der Waals surface area (Å²) in [4.78, 5) is 47.3. The lowest BCUT2D eigenvalue weighted by molar-refractivity contribution is -0.119. The molecule has 1 fully saturated rings. The van der Waals surface area contributed by atoms with Gasteiger partial charge in [0.15, 0.2) is 6.29 Å². The van der Waals surface area contributed by atoms with Gasteiger partial charge in [-0.05, 0) is 51.5 Å². The first-order valence-corrected chi connectivity index (χ1v) is 16.5. The van der Waals surface area contributed by atoms with Crippen molar-refractivity contribution in [3.63, 3.8) is 0 Å². The molecular formula is C36H35Cl3N4O6. The number of nitrogens with one attached hydrogen (secondary N) is 1. The molecule has 2 aromatic carbocycles. The Morgan fingerprint density at radius 2 is 1.76 bits per heavy atom. The zero-order chi connectivity index (χ0) is 35.5. The van der Waals surface area contributed by atoms with Crippen molar-refractivity contribution in [2.45, 2.75) is 51.8 Å². The van der Waals surface area contributed by atoms with Crippen molar-refractivity contribution in [2.75, 3.05) is 20.8 Å². The second-order valence-electron chi connectivity index (χ2n) is 12.4. The quantitative estimate of drug-likeness (QED) is 0.162. The van der Waals surface area contributed by atoms with Crippen molar-refractivity contribution >= 4 is 53.1 Å². The van der Waals surface area contributed by atoms with E-state index in [9.17, 15) is 14.4 Å². The Morgan fingerprint density at radius 3 is 2.41 bits per heavy atom. The van der Waals surface area contributed by atoms with Gasteiger partial charge in [0, 0.05) is 47.5 Å². The molecule has 1 aliphatic heterocycles. The summed E-state index contributed by atoms with van der Waals surface area (Å²) in [6.07, 6.45) is 2.77. The van der Waals surface area contributed by atoms with E-state index in [0.29, 0.717) is 78.4 Å². The number of benzene rings is 2. The van der Waals surface area contributed by atoms with Crippen molar-refractivity contribution in [3.8, 4) is 45.3 Å². The van der Waals surface area contributed by atoms with Crippen LogP contribution in [0.1, 0.15) is 49.5 Å². The molecule has 10 nitrogen and oxygen atoms in total. The van der Waals surface area contributed by atoms with Crippen LogP contribution in [0, 0.1) is 0 Å². The monoisotopic (exact) mass is 724 g/mol. The Bertz CT molecular complexity index is 1910. The maximum atomic E-state index is 13.3. The SMILES string of the molecule is COc1cc(-c2nccc(-c3cccc(-c4cc(Cl)c(CN(C[C@@H]5CCC(=O)N5)C(=O)OC(C)(C)C)c(OC)n4)c3Cl)c2Cl)ccc1C=O. The van der Waals surface area contributed by atoms with Crippen LogP contribution in [0.2, 0.25) is 15.1 Å². The number of carbonyl (C=O) groups excluding carboxylic acids is 3. The number of hydrogen-bond donors (Lipinski definition) is 1. The Kier molecular flexibility index (Phi) is 11.0. The number of pyridine rings is 2. The van der Waals surface area contributed by atoms with Crippen LogP contribution in [0.5, 0.6) is 11.6 Å². The van der Waals surface area contributed by atoms with Gasteiger partial charge in [-0.3, -0.25) is 14.6 Å². The topological polar surface area (TPSA) is 120 Å². The Labute approximate surface area is 299 Å². The lowest BCUT2D eigenvalue weighted by Crippen LogP contribution is -2.43. The second-order valence-corrected chi connectivity index (χ2v) is 13.6. The molecule has 2 amide bonds. The third-order valence-electron chi connectivity index (χ3n) is 7.84. The van der Waals surface area contributed by atoms with Crippen molar-refractivity contribution in [3.05, 3.63) is 80.9 Å². The fourth-order valence-corrected chi connectivity index (χ4v) is 6.41. The van der Waals surface area contributed by atoms with Crippen molar-refractivity contribution in [1.82, 2.24) is 20.2 Å². The van der Waals surface area contributed by atoms with Crippen LogP contribution in [0.25, 0.3) is 33.6 Å². The minimum Gasteiger partial charge on any atom is -0.496 e. The van der Waals surface area contributed by atoms with Crippen LogP contribution in [0.4, 0.5) is 4.79 Å². The molecule has 0 radical (unpaired) electrons. The van der Waals surface area contributed by atoms with E-state index >= 15 is 0 Å². The number of methoxy groups -OCH3 is 2. The Hall–Kier alpha value is -4.38. The molecule has 0 unspecified atom stereocenters. The molecule has 2 aromatic heterocycles. The third kappa shape index (κ3) is 8.09. The number of aldehydes is 1. The summed E-state index contributed by atoms with van der Waals surface area (Å²) in [7, 11) is 2.95. The van der Waals surface area contributed by atoms with Crippen molar-refractivity contribution in [2.24, 2.45) is 0 Å². The molecule has 0 bridgehead atoms. The minimum absolute atomic E-state index is 0.0261. The zero-order valence-corrected chi connectivity index (χ0v) is 29.9. The molecule has 0 spiro atoms. The summed E-state index contributed by atoms with van der Waals surface area (Å²) in [5.41, 5.74) is 3.52. The van der Waals surface area contributed by atoms with E-state index in [0.717, 1.165) is 6.29 Å². The number of nitrogens with zero attached hydrogens (tertiary/aromatic N) is 3. The molecule has 1 aliphatic rings. The molecule has 256 valence electrons. The van der Waals surface area contributed by atoms with Crippen molar-refractivity contribution in [1.29, 1.82) is 0 Å². The molecule has 5 rings (SSSR count). The third-order valence-corrected chi connectivity index (χ3v) is 8.97. The van der Waals surface area contributed by atoms with E-state index in [2.05, 4.69) is 10.3 Å². The number of rotatable bonds is 10. The van der Waals surface area contributed by atoms with E-state index in [1.165, 1.54) is 19.1 Å². The van der Waals surface area contributed by atoms with Crippen LogP contribution in [0.15, 0.2) is 54.7 Å². The molecule has 1 N–H and O–H groups in total. The van der Waals surface area contributed by atoms with E-state index in [1.807, 2.05) is 12.1 Å². The highest BCUT2D eigenvalue weighted by Crippen LogP contribution is 2.43. The van der Waals surface area contributed by atoms with Crippen LogP contribution in [0.3, 0.4) is 0 Å². The molecular weight excluding hydrogens is 691 g/mol. The first kappa shape index (κ1) is 35.9. The maximum Gasteiger partial charge on any atom is 0.410 e. The number of amides is 2. The van der Waals surface area contributed by atoms with Crippen LogP contribution in [-0.4, -0.2) is 65.6 Å². The summed E-state index contributed by atoms with van der Waals surface area (Å²) < 4.78 is 16.7. The molecule has 49 heavy (non-hydrogen) atoms. The number of ether oxygens (including phenoxy) is 3. The zero-order valence-electron chi connectivity index (χ0n) is 27.6. The Balaban J connectivity index is 1.50. The summed E-state index contributed by atoms with van der Waals surface area (Å²) in [6, 6.07) is 13.8. The molecule has 1 atom stereocenters. The van der Waals surface area contributed by atoms with E-state index in [-0.39, 0.29) is 30.9 Å². The lowest BCUT2D eigenvalue weighted by Gasteiger charge is -2.29. The predicted octanol–water partition coefficient (Wildman–Crippen LogP) is 8.28. The molecule has 1 saturated heterocycles. The molecule has 0 saturated carbocycles. The van der Waals surface area contributed by atoms with Gasteiger partial charge in [0.25, 0.3) is 0 Å². The fraction of sp³-hybridized carbons (Fsp3) is 0.306. The van der Waals surface area contributed by atoms with Gasteiger partial charge in [-0.2, -0.15) is 0 Å². The van der Waals surface area contributed by atoms with Crippen molar-refractivity contribution < 1.29 is 28.6 Å². The minimum atomic E-state index is -0.738. The number of hydrogen-bond acceptors (Lipinski definition) is 8. The average Bonchev–Trinajstić information content (AvgIpc) is 3.48. The first-order chi connectivity index (χ1) is 23.3. The average molecular weight is 726 g/mol. The van der Waals surface area contributed by atoms with Gasteiger partial charge >= 0.3 is 6.09 Å². The summed E-state index contributed by atoms with van der Waals surface area (Å²) in [6.45, 7) is 5.60. The standard InChI is InChI=1S/C36H35Cl3N4O6/c1-36(2,3)49-35(46)43(17-22-11-12-30(45)41-22)18-26-27(37)16-28(42-34(26)48-5)25-8-6-7-23(31(25)38)24-13-14-40-33(32(24)39)20-9-10-21(19-44)29(15-20)47-4/h6-10,13-16,19,22H,11-12,17-18H2,1-5H3,(H,41,45)/t22-/m0/s1. The largest absolute Gasteiger partial charge is 0.496 e. The van der Waals surface area contributed by atoms with E-state index in [4.69, 9.17) is 54.0 Å². The highest BCUT2D eigenvalue weighted by molar-refractivity contribution is 6.39. The van der Waals surface area contributed by atoms with E-state index < -0.39 is 11.7 Å². The fourth-order valence-electron chi connectivity index (χ4n) is 5.52. The lowest BCUT2D eigenvalue weighted by atomic mass is 9.99. The molecule has 3 heterocycles. The number of aromatic nitrogens is 2. The highest BCUT2D eigenvalue weighted by Gasteiger charge is 2.30.